The molecule has 9 nitrogen and oxygen atoms in total. The van der Waals surface area contributed by atoms with E-state index in [0.29, 0.717) is 51.3 Å². The van der Waals surface area contributed by atoms with E-state index >= 15 is 0 Å². The van der Waals surface area contributed by atoms with E-state index in [1.165, 1.54) is 11.0 Å². The highest BCUT2D eigenvalue weighted by Gasteiger charge is 2.36. The molecule has 0 unspecified atom stereocenters. The minimum Gasteiger partial charge on any atom is -0.394 e. The number of hydrogen-bond donors (Lipinski definition) is 2. The molecule has 0 aliphatic carbocycles. The number of amides is 2. The predicted octanol–water partition coefficient (Wildman–Crippen LogP) is 3.80. The first-order valence-corrected chi connectivity index (χ1v) is 13.7. The molecule has 2 atom stereocenters. The monoisotopic (exact) mass is 567 g/mol. The van der Waals surface area contributed by atoms with Gasteiger partial charge in [-0.2, -0.15) is 0 Å². The zero-order valence-corrected chi connectivity index (χ0v) is 23.1. The van der Waals surface area contributed by atoms with Crippen LogP contribution in [0.25, 0.3) is 11.3 Å². The Kier molecular flexibility index (Phi) is 8.39. The third kappa shape index (κ3) is 5.70. The zero-order chi connectivity index (χ0) is 28.4. The van der Waals surface area contributed by atoms with E-state index in [9.17, 15) is 19.1 Å². The smallest absolute Gasteiger partial charge is 0.256 e. The van der Waals surface area contributed by atoms with E-state index in [-0.39, 0.29) is 18.0 Å². The first kappa shape index (κ1) is 28.1. The van der Waals surface area contributed by atoms with Gasteiger partial charge in [0.15, 0.2) is 0 Å². The summed E-state index contributed by atoms with van der Waals surface area (Å²) >= 11 is 6.45. The van der Waals surface area contributed by atoms with Gasteiger partial charge in [0.2, 0.25) is 5.91 Å². The van der Waals surface area contributed by atoms with Gasteiger partial charge in [0.1, 0.15) is 17.7 Å². The molecule has 210 valence electrons. The second kappa shape index (κ2) is 12.0. The number of aliphatic hydroxyl groups is 1. The molecule has 2 aromatic heterocycles. The number of rotatable bonds is 8. The molecule has 0 saturated carbocycles. The first-order valence-electron chi connectivity index (χ1n) is 13.3. The minimum absolute atomic E-state index is 0.137. The van der Waals surface area contributed by atoms with E-state index in [4.69, 9.17) is 16.3 Å². The Bertz CT molecular complexity index is 1430. The topological polar surface area (TPSA) is 118 Å². The molecule has 0 radical (unpaired) electrons. The number of halogens is 2. The zero-order valence-electron chi connectivity index (χ0n) is 22.4. The quantitative estimate of drug-likeness (QED) is 0.425. The van der Waals surface area contributed by atoms with E-state index < -0.39 is 30.4 Å². The standard InChI is InChI=1S/C29H31ClFN5O4/c1-16-4-3-5-20(26(16)31)24(15-37)34-28(38)17(2)36-14-23-21(29(36)39)11-19(12-32-23)27-22(30)13-33-25(35-27)10-18-6-8-40-9-7-18/h3-5,11-13,17-18,24,37H,6-10,14-15H2,1-2H3,(H,34,38)/t17-,24-/m1/s1. The Balaban J connectivity index is 1.31. The second-order valence-electron chi connectivity index (χ2n) is 10.3. The van der Waals surface area contributed by atoms with Crippen molar-refractivity contribution < 1.29 is 23.8 Å². The number of ether oxygens (including phenoxy) is 1. The number of carbonyl (C=O) groups is 2. The highest BCUT2D eigenvalue weighted by atomic mass is 35.5. The number of carbonyl (C=O) groups excluding carboxylic acids is 2. The molecule has 2 amide bonds. The number of aryl methyl sites for hydroxylation is 1. The van der Waals surface area contributed by atoms with Gasteiger partial charge in [0, 0.05) is 43.2 Å². The normalized spacial score (nSPS) is 17.0. The molecule has 40 heavy (non-hydrogen) atoms. The van der Waals surface area contributed by atoms with Crippen LogP contribution in [0, 0.1) is 18.7 Å². The number of hydrogen-bond acceptors (Lipinski definition) is 7. The van der Waals surface area contributed by atoms with Gasteiger partial charge in [0.25, 0.3) is 5.91 Å². The van der Waals surface area contributed by atoms with Crippen LogP contribution in [0.1, 0.15) is 58.8 Å². The number of nitrogens with one attached hydrogen (secondary N) is 1. The van der Waals surface area contributed by atoms with Gasteiger partial charge in [-0.3, -0.25) is 14.6 Å². The lowest BCUT2D eigenvalue weighted by Crippen LogP contribution is -2.47. The summed E-state index contributed by atoms with van der Waals surface area (Å²) in [6.07, 6.45) is 5.82. The summed E-state index contributed by atoms with van der Waals surface area (Å²) in [4.78, 5) is 41.5. The van der Waals surface area contributed by atoms with Gasteiger partial charge in [0.05, 0.1) is 41.2 Å². The fourth-order valence-electron chi connectivity index (χ4n) is 5.14. The van der Waals surface area contributed by atoms with Crippen molar-refractivity contribution in [3.63, 3.8) is 0 Å². The predicted molar refractivity (Wildman–Crippen MR) is 146 cm³/mol. The van der Waals surface area contributed by atoms with Crippen LogP contribution in [0.15, 0.2) is 36.7 Å². The van der Waals surface area contributed by atoms with Crippen molar-refractivity contribution in [1.29, 1.82) is 0 Å². The van der Waals surface area contributed by atoms with Gasteiger partial charge >= 0.3 is 0 Å². The fourth-order valence-corrected chi connectivity index (χ4v) is 5.34. The first-order chi connectivity index (χ1) is 19.3. The fraction of sp³-hybridized carbons (Fsp3) is 0.414. The molecule has 4 heterocycles. The summed E-state index contributed by atoms with van der Waals surface area (Å²) in [6.45, 7) is 4.31. The molecule has 2 aliphatic heterocycles. The summed E-state index contributed by atoms with van der Waals surface area (Å²) in [5.41, 5.74) is 2.57. The summed E-state index contributed by atoms with van der Waals surface area (Å²) in [5, 5.41) is 12.9. The van der Waals surface area contributed by atoms with Gasteiger partial charge in [-0.1, -0.05) is 29.8 Å². The molecular weight excluding hydrogens is 537 g/mol. The van der Waals surface area contributed by atoms with Gasteiger partial charge in [-0.05, 0) is 44.2 Å². The molecule has 11 heteroatoms. The SMILES string of the molecule is Cc1cccc([C@@H](CO)NC(=O)[C@@H](C)N2Cc3ncc(-c4nc(CC5CCOCC5)ncc4Cl)cc3C2=O)c1F. The summed E-state index contributed by atoms with van der Waals surface area (Å²) in [6, 6.07) is 4.65. The van der Waals surface area contributed by atoms with Crippen LogP contribution in [0.3, 0.4) is 0 Å². The van der Waals surface area contributed by atoms with Crippen molar-refractivity contribution in [1.82, 2.24) is 25.2 Å². The summed E-state index contributed by atoms with van der Waals surface area (Å²) in [5.74, 6) is -0.250. The van der Waals surface area contributed by atoms with Crippen LogP contribution in [0.2, 0.25) is 5.02 Å². The van der Waals surface area contributed by atoms with Gasteiger partial charge in [-0.15, -0.1) is 0 Å². The van der Waals surface area contributed by atoms with Crippen LogP contribution in [0.5, 0.6) is 0 Å². The van der Waals surface area contributed by atoms with Crippen molar-refractivity contribution >= 4 is 23.4 Å². The third-order valence-corrected chi connectivity index (χ3v) is 7.88. The van der Waals surface area contributed by atoms with E-state index in [0.717, 1.165) is 26.1 Å². The van der Waals surface area contributed by atoms with Crippen LogP contribution < -0.4 is 5.32 Å². The Morgan fingerprint density at radius 2 is 2.05 bits per heavy atom. The number of benzene rings is 1. The van der Waals surface area contributed by atoms with Crippen LogP contribution in [0.4, 0.5) is 4.39 Å². The van der Waals surface area contributed by atoms with Crippen molar-refractivity contribution in [3.8, 4) is 11.3 Å². The lowest BCUT2D eigenvalue weighted by molar-refractivity contribution is -0.126. The maximum atomic E-state index is 14.6. The number of aromatic nitrogens is 3. The maximum Gasteiger partial charge on any atom is 0.256 e. The second-order valence-corrected chi connectivity index (χ2v) is 10.7. The average Bonchev–Trinajstić information content (AvgIpc) is 3.30. The molecule has 0 spiro atoms. The molecule has 0 bridgehead atoms. The number of pyridine rings is 1. The molecule has 2 aliphatic rings. The van der Waals surface area contributed by atoms with Gasteiger partial charge < -0.3 is 20.1 Å². The van der Waals surface area contributed by atoms with E-state index in [1.807, 2.05) is 0 Å². The van der Waals surface area contributed by atoms with E-state index in [1.54, 1.807) is 44.4 Å². The van der Waals surface area contributed by atoms with Crippen LogP contribution >= 0.6 is 11.6 Å². The molecule has 5 rings (SSSR count). The molecule has 3 aromatic rings. The van der Waals surface area contributed by atoms with Crippen LogP contribution in [-0.2, 0) is 22.5 Å². The Labute approximate surface area is 236 Å². The maximum absolute atomic E-state index is 14.6. The Morgan fingerprint density at radius 3 is 2.80 bits per heavy atom. The molecule has 1 aromatic carbocycles. The van der Waals surface area contributed by atoms with Gasteiger partial charge in [-0.25, -0.2) is 14.4 Å². The summed E-state index contributed by atoms with van der Waals surface area (Å²) in [7, 11) is 0. The number of aliphatic hydroxyl groups excluding tert-OH is 1. The van der Waals surface area contributed by atoms with Crippen molar-refractivity contribution in [2.45, 2.75) is 51.7 Å². The molecule has 1 saturated heterocycles. The Morgan fingerprint density at radius 1 is 1.27 bits per heavy atom. The highest BCUT2D eigenvalue weighted by Crippen LogP contribution is 2.31. The third-order valence-electron chi connectivity index (χ3n) is 7.60. The average molecular weight is 568 g/mol. The lowest BCUT2D eigenvalue weighted by Gasteiger charge is -2.26. The van der Waals surface area contributed by atoms with Crippen molar-refractivity contribution in [3.05, 3.63) is 75.7 Å². The summed E-state index contributed by atoms with van der Waals surface area (Å²) < 4.78 is 20.1. The molecule has 1 fully saturated rings. The number of nitrogens with zero attached hydrogens (tertiary/aromatic N) is 4. The molecule has 2 N–H and O–H groups in total. The van der Waals surface area contributed by atoms with Crippen molar-refractivity contribution in [2.75, 3.05) is 19.8 Å². The number of fused-ring (bicyclic) bond motifs is 1. The van der Waals surface area contributed by atoms with E-state index in [2.05, 4.69) is 20.3 Å². The largest absolute Gasteiger partial charge is 0.394 e. The van der Waals surface area contributed by atoms with Crippen LogP contribution in [-0.4, -0.2) is 62.6 Å². The Hall–Kier alpha value is -3.47. The van der Waals surface area contributed by atoms with Crippen molar-refractivity contribution in [2.24, 2.45) is 5.92 Å². The highest BCUT2D eigenvalue weighted by molar-refractivity contribution is 6.32. The molecular formula is C29H31ClFN5O4. The lowest BCUT2D eigenvalue weighted by atomic mass is 9.96. The minimum atomic E-state index is -0.949.